The molecule has 0 heterocycles. The standard InChI is InChI=1S/C21H13Cl3F8N2O2/c22-12-5-8(1-2-13(12)25)14-15(20(14,23)24)18(36)34-9-6-10(16(26)11(7-9)21(30,31)32)17(35)33-4-3-19(27,28)29/h1-2,5-7,14-15H,3-4H2,(H,33,35)(H,34,36). The molecule has 1 aliphatic carbocycles. The van der Waals surface area contributed by atoms with E-state index in [1.165, 1.54) is 6.07 Å². The Morgan fingerprint density at radius 1 is 1.00 bits per heavy atom. The molecular formula is C21H13Cl3F8N2O2. The smallest absolute Gasteiger partial charge is 0.352 e. The minimum Gasteiger partial charge on any atom is -0.352 e. The lowest BCUT2D eigenvalue weighted by atomic mass is 10.1. The molecule has 2 N–H and O–H groups in total. The van der Waals surface area contributed by atoms with Crippen molar-refractivity contribution >= 4 is 52.3 Å². The molecule has 15 heteroatoms. The van der Waals surface area contributed by atoms with E-state index in [-0.39, 0.29) is 16.7 Å². The maximum Gasteiger partial charge on any atom is 0.419 e. The van der Waals surface area contributed by atoms with Crippen LogP contribution in [0.4, 0.5) is 40.8 Å². The van der Waals surface area contributed by atoms with E-state index in [2.05, 4.69) is 5.32 Å². The third kappa shape index (κ3) is 6.15. The van der Waals surface area contributed by atoms with Crippen molar-refractivity contribution in [3.05, 3.63) is 63.7 Å². The molecule has 4 nitrogen and oxygen atoms in total. The van der Waals surface area contributed by atoms with Crippen LogP contribution in [0.3, 0.4) is 0 Å². The van der Waals surface area contributed by atoms with Crippen molar-refractivity contribution in [1.29, 1.82) is 0 Å². The van der Waals surface area contributed by atoms with Crippen molar-refractivity contribution in [3.8, 4) is 0 Å². The summed E-state index contributed by atoms with van der Waals surface area (Å²) in [7, 11) is 0. The van der Waals surface area contributed by atoms with Crippen LogP contribution >= 0.6 is 34.8 Å². The zero-order valence-electron chi connectivity index (χ0n) is 17.4. The van der Waals surface area contributed by atoms with Crippen molar-refractivity contribution in [2.75, 3.05) is 11.9 Å². The molecule has 1 fully saturated rings. The fourth-order valence-electron chi connectivity index (χ4n) is 3.47. The second-order valence-electron chi connectivity index (χ2n) is 7.80. The van der Waals surface area contributed by atoms with Gasteiger partial charge in [-0.15, -0.1) is 23.2 Å². The maximum absolute atomic E-state index is 14.4. The van der Waals surface area contributed by atoms with E-state index in [1.807, 2.05) is 0 Å². The Morgan fingerprint density at radius 3 is 2.19 bits per heavy atom. The van der Waals surface area contributed by atoms with E-state index < -0.39 is 81.8 Å². The number of carbonyl (C=O) groups is 2. The molecular weight excluding hydrogens is 571 g/mol. The largest absolute Gasteiger partial charge is 0.419 e. The Kier molecular flexibility index (Phi) is 7.74. The average molecular weight is 584 g/mol. The molecule has 1 aliphatic rings. The van der Waals surface area contributed by atoms with Crippen molar-refractivity contribution in [2.24, 2.45) is 5.92 Å². The molecule has 0 bridgehead atoms. The highest BCUT2D eigenvalue weighted by Crippen LogP contribution is 2.65. The van der Waals surface area contributed by atoms with E-state index in [0.717, 1.165) is 12.1 Å². The number of carbonyl (C=O) groups excluding carboxylic acids is 2. The number of rotatable bonds is 6. The highest BCUT2D eigenvalue weighted by Gasteiger charge is 2.67. The van der Waals surface area contributed by atoms with Gasteiger partial charge in [0, 0.05) is 18.2 Å². The number of hydrogen-bond donors (Lipinski definition) is 2. The third-order valence-electron chi connectivity index (χ3n) is 5.22. The highest BCUT2D eigenvalue weighted by molar-refractivity contribution is 6.53. The number of benzene rings is 2. The summed E-state index contributed by atoms with van der Waals surface area (Å²) in [6.45, 7) is -1.02. The topological polar surface area (TPSA) is 58.2 Å². The van der Waals surface area contributed by atoms with Crippen LogP contribution in [0.5, 0.6) is 0 Å². The molecule has 1 saturated carbocycles. The molecule has 3 rings (SSSR count). The quantitative estimate of drug-likeness (QED) is 0.289. The Labute approximate surface area is 212 Å². The summed E-state index contributed by atoms with van der Waals surface area (Å²) in [6, 6.07) is 4.14. The summed E-state index contributed by atoms with van der Waals surface area (Å²) in [5.41, 5.74) is -3.63. The molecule has 2 amide bonds. The number of alkyl halides is 8. The number of anilines is 1. The van der Waals surface area contributed by atoms with Gasteiger partial charge in [0.2, 0.25) is 5.91 Å². The zero-order chi connectivity index (χ0) is 27.2. The van der Waals surface area contributed by atoms with E-state index in [1.54, 1.807) is 5.32 Å². The van der Waals surface area contributed by atoms with Gasteiger partial charge in [0.05, 0.1) is 28.5 Å². The third-order valence-corrected chi connectivity index (χ3v) is 6.45. The molecule has 2 atom stereocenters. The minimum atomic E-state index is -5.32. The maximum atomic E-state index is 14.4. The van der Waals surface area contributed by atoms with Gasteiger partial charge < -0.3 is 10.6 Å². The van der Waals surface area contributed by atoms with Crippen molar-refractivity contribution in [3.63, 3.8) is 0 Å². The Bertz CT molecular complexity index is 1200. The molecule has 0 spiro atoms. The normalized spacial score (nSPS) is 19.1. The van der Waals surface area contributed by atoms with Crippen LogP contribution in [0, 0.1) is 17.6 Å². The summed E-state index contributed by atoms with van der Waals surface area (Å²) >= 11 is 18.0. The molecule has 0 aliphatic heterocycles. The van der Waals surface area contributed by atoms with E-state index in [0.29, 0.717) is 6.07 Å². The summed E-state index contributed by atoms with van der Waals surface area (Å²) in [4.78, 5) is 24.9. The van der Waals surface area contributed by atoms with Gasteiger partial charge in [-0.1, -0.05) is 17.7 Å². The van der Waals surface area contributed by atoms with Crippen LogP contribution < -0.4 is 10.6 Å². The van der Waals surface area contributed by atoms with Crippen LogP contribution in [-0.2, 0) is 11.0 Å². The van der Waals surface area contributed by atoms with Crippen molar-refractivity contribution in [1.82, 2.24) is 5.32 Å². The summed E-state index contributed by atoms with van der Waals surface area (Å²) in [5, 5.41) is 3.44. The van der Waals surface area contributed by atoms with Crippen molar-refractivity contribution < 1.29 is 44.7 Å². The van der Waals surface area contributed by atoms with Gasteiger partial charge in [-0.3, -0.25) is 9.59 Å². The molecule has 2 aromatic carbocycles. The second-order valence-corrected chi connectivity index (χ2v) is 9.65. The lowest BCUT2D eigenvalue weighted by molar-refractivity contribution is -0.140. The first-order chi connectivity index (χ1) is 16.4. The summed E-state index contributed by atoms with van der Waals surface area (Å²) in [6.07, 6.45) is -11.5. The summed E-state index contributed by atoms with van der Waals surface area (Å²) in [5.74, 6) is -7.58. The number of amides is 2. The molecule has 36 heavy (non-hydrogen) atoms. The number of hydrogen-bond acceptors (Lipinski definition) is 2. The zero-order valence-corrected chi connectivity index (χ0v) is 19.7. The Balaban J connectivity index is 1.87. The van der Waals surface area contributed by atoms with Gasteiger partial charge in [0.15, 0.2) is 0 Å². The van der Waals surface area contributed by atoms with Gasteiger partial charge in [-0.05, 0) is 29.8 Å². The lowest BCUT2D eigenvalue weighted by Crippen LogP contribution is -2.29. The Morgan fingerprint density at radius 2 is 1.64 bits per heavy atom. The fourth-order valence-corrected chi connectivity index (χ4v) is 4.49. The predicted molar refractivity (Wildman–Crippen MR) is 115 cm³/mol. The first kappa shape index (κ1) is 28.3. The van der Waals surface area contributed by atoms with E-state index in [9.17, 15) is 44.7 Å². The Hall–Kier alpha value is -2.31. The molecule has 0 aromatic heterocycles. The van der Waals surface area contributed by atoms with Crippen molar-refractivity contribution in [2.45, 2.75) is 29.0 Å². The fraction of sp³-hybridized carbons (Fsp3) is 0.333. The monoisotopic (exact) mass is 582 g/mol. The minimum absolute atomic E-state index is 0.204. The van der Waals surface area contributed by atoms with Crippen LogP contribution in [0.2, 0.25) is 5.02 Å². The number of halogens is 11. The van der Waals surface area contributed by atoms with Crippen LogP contribution in [0.15, 0.2) is 30.3 Å². The molecule has 0 radical (unpaired) electrons. The summed E-state index contributed by atoms with van der Waals surface area (Å²) < 4.78 is 103. The average Bonchev–Trinajstić information content (AvgIpc) is 3.31. The van der Waals surface area contributed by atoms with Gasteiger partial charge in [0.25, 0.3) is 5.91 Å². The predicted octanol–water partition coefficient (Wildman–Crippen LogP) is 6.85. The van der Waals surface area contributed by atoms with Gasteiger partial charge in [-0.2, -0.15) is 26.3 Å². The van der Waals surface area contributed by atoms with Gasteiger partial charge >= 0.3 is 12.4 Å². The van der Waals surface area contributed by atoms with Crippen LogP contribution in [0.25, 0.3) is 0 Å². The van der Waals surface area contributed by atoms with E-state index in [4.69, 9.17) is 34.8 Å². The number of nitrogens with one attached hydrogen (secondary N) is 2. The molecule has 2 unspecified atom stereocenters. The molecule has 0 saturated heterocycles. The molecule has 2 aromatic rings. The van der Waals surface area contributed by atoms with Gasteiger partial charge in [0.1, 0.15) is 16.0 Å². The van der Waals surface area contributed by atoms with Crippen LogP contribution in [0.1, 0.15) is 33.8 Å². The van der Waals surface area contributed by atoms with Crippen LogP contribution in [-0.4, -0.2) is 28.9 Å². The molecule has 196 valence electrons. The highest BCUT2D eigenvalue weighted by atomic mass is 35.5. The van der Waals surface area contributed by atoms with Gasteiger partial charge in [-0.25, -0.2) is 8.78 Å². The second kappa shape index (κ2) is 9.86. The first-order valence-corrected chi connectivity index (χ1v) is 11.0. The van der Waals surface area contributed by atoms with E-state index >= 15 is 0 Å². The lowest BCUT2D eigenvalue weighted by Gasteiger charge is -2.15. The first-order valence-electron chi connectivity index (χ1n) is 9.82. The SMILES string of the molecule is O=C(NCCC(F)(F)F)c1cc(NC(=O)C2C(c3ccc(F)c(Cl)c3)C2(Cl)Cl)cc(C(F)(F)F)c1F.